The van der Waals surface area contributed by atoms with Gasteiger partial charge in [-0.25, -0.2) is 0 Å². The third-order valence-electron chi connectivity index (χ3n) is 1.70. The molecule has 1 rings (SSSR count). The molecule has 0 saturated heterocycles. The topological polar surface area (TPSA) is 9.23 Å². The summed E-state index contributed by atoms with van der Waals surface area (Å²) in [7, 11) is -0.730. The summed E-state index contributed by atoms with van der Waals surface area (Å²) in [5.41, 5.74) is 0. The van der Waals surface area contributed by atoms with Gasteiger partial charge in [0.25, 0.3) is 0 Å². The van der Waals surface area contributed by atoms with E-state index < -0.39 is 9.04 Å². The van der Waals surface area contributed by atoms with Gasteiger partial charge < -0.3 is 4.43 Å². The van der Waals surface area contributed by atoms with Crippen molar-refractivity contribution in [2.24, 2.45) is 0 Å². The summed E-state index contributed by atoms with van der Waals surface area (Å²) in [6.45, 7) is 5.22. The van der Waals surface area contributed by atoms with Crippen molar-refractivity contribution in [3.8, 4) is 0 Å². The maximum Gasteiger partial charge on any atom is 0.243 e. The van der Waals surface area contributed by atoms with E-state index in [9.17, 15) is 0 Å². The van der Waals surface area contributed by atoms with Gasteiger partial charge in [0.1, 0.15) is 0 Å². The summed E-state index contributed by atoms with van der Waals surface area (Å²) in [4.78, 5) is 0. The van der Waals surface area contributed by atoms with Gasteiger partial charge in [-0.3, -0.25) is 0 Å². The lowest BCUT2D eigenvalue weighted by Gasteiger charge is -2.09. The van der Waals surface area contributed by atoms with Crippen LogP contribution in [0.4, 0.5) is 0 Å². The second kappa shape index (κ2) is 5.12. The molecule has 0 aliphatic carbocycles. The molecule has 65 valence electrons. The van der Waals surface area contributed by atoms with Gasteiger partial charge in [0, 0.05) is 6.61 Å². The molecule has 0 heterocycles. The highest BCUT2D eigenvalue weighted by molar-refractivity contribution is 6.66. The van der Waals surface area contributed by atoms with Crippen LogP contribution in [0.15, 0.2) is 30.3 Å². The molecule has 1 nitrogen and oxygen atoms in total. The molecule has 1 radical (unpaired) electrons. The molecule has 1 aromatic rings. The van der Waals surface area contributed by atoms with Crippen molar-refractivity contribution in [3.63, 3.8) is 0 Å². The molecule has 0 aliphatic heterocycles. The fourth-order valence-electron chi connectivity index (χ4n) is 1.01. The van der Waals surface area contributed by atoms with Crippen molar-refractivity contribution in [1.82, 2.24) is 0 Å². The Morgan fingerprint density at radius 3 is 2.50 bits per heavy atom. The average Bonchev–Trinajstić information content (AvgIpc) is 2.15. The lowest BCUT2D eigenvalue weighted by Crippen LogP contribution is -2.30. The van der Waals surface area contributed by atoms with Gasteiger partial charge in [0.05, 0.1) is 0 Å². The van der Waals surface area contributed by atoms with Gasteiger partial charge in [0.2, 0.25) is 9.04 Å². The Kier molecular flexibility index (Phi) is 4.04. The first-order chi connectivity index (χ1) is 5.84. The maximum atomic E-state index is 5.68. The standard InChI is InChI=1S/C10H15OSi/c1-3-9-11-12(2)10-7-5-4-6-8-10/h4-8H,3,9H2,1-2H3. The van der Waals surface area contributed by atoms with Crippen LogP contribution < -0.4 is 5.19 Å². The maximum absolute atomic E-state index is 5.68. The fourth-order valence-corrected chi connectivity index (χ4v) is 2.35. The van der Waals surface area contributed by atoms with E-state index in [1.54, 1.807) is 0 Å². The minimum Gasteiger partial charge on any atom is -0.412 e. The molecule has 0 aliphatic rings. The Morgan fingerprint density at radius 1 is 1.25 bits per heavy atom. The van der Waals surface area contributed by atoms with Gasteiger partial charge in [0.15, 0.2) is 0 Å². The Labute approximate surface area is 76.1 Å². The quantitative estimate of drug-likeness (QED) is 0.642. The lowest BCUT2D eigenvalue weighted by atomic mass is 10.4. The van der Waals surface area contributed by atoms with Crippen molar-refractivity contribution in [3.05, 3.63) is 30.3 Å². The predicted molar refractivity (Wildman–Crippen MR) is 53.9 cm³/mol. The largest absolute Gasteiger partial charge is 0.412 e. The Bertz CT molecular complexity index is 210. The molecule has 2 heteroatoms. The van der Waals surface area contributed by atoms with Crippen LogP contribution in [0.5, 0.6) is 0 Å². The van der Waals surface area contributed by atoms with Crippen LogP contribution in [0, 0.1) is 0 Å². The van der Waals surface area contributed by atoms with Crippen LogP contribution in [0.2, 0.25) is 6.55 Å². The van der Waals surface area contributed by atoms with Gasteiger partial charge in [-0.05, 0) is 18.2 Å². The molecule has 0 unspecified atom stereocenters. The van der Waals surface area contributed by atoms with Gasteiger partial charge in [-0.2, -0.15) is 0 Å². The van der Waals surface area contributed by atoms with E-state index in [1.807, 2.05) is 6.07 Å². The van der Waals surface area contributed by atoms with Gasteiger partial charge in [-0.1, -0.05) is 37.3 Å². The van der Waals surface area contributed by atoms with E-state index in [0.29, 0.717) is 0 Å². The molecular formula is C10H15OSi. The van der Waals surface area contributed by atoms with Crippen molar-refractivity contribution in [2.45, 2.75) is 19.9 Å². The SMILES string of the molecule is CCCO[Si](C)c1ccccc1. The van der Waals surface area contributed by atoms with Crippen LogP contribution in [0.1, 0.15) is 13.3 Å². The van der Waals surface area contributed by atoms with Crippen molar-refractivity contribution < 1.29 is 4.43 Å². The third kappa shape index (κ3) is 2.79. The average molecular weight is 179 g/mol. The first-order valence-corrected chi connectivity index (χ1v) is 6.27. The summed E-state index contributed by atoms with van der Waals surface area (Å²) in [6, 6.07) is 10.5. The smallest absolute Gasteiger partial charge is 0.243 e. The normalized spacial score (nSPS) is 10.6. The molecular weight excluding hydrogens is 164 g/mol. The van der Waals surface area contributed by atoms with E-state index in [4.69, 9.17) is 4.43 Å². The second-order valence-electron chi connectivity index (χ2n) is 2.77. The number of rotatable bonds is 4. The van der Waals surface area contributed by atoms with Gasteiger partial charge in [-0.15, -0.1) is 0 Å². The fraction of sp³-hybridized carbons (Fsp3) is 0.400. The molecule has 0 amide bonds. The Hall–Kier alpha value is -0.603. The first-order valence-electron chi connectivity index (χ1n) is 4.36. The lowest BCUT2D eigenvalue weighted by molar-refractivity contribution is 0.329. The van der Waals surface area contributed by atoms with Crippen LogP contribution in [-0.4, -0.2) is 15.6 Å². The summed E-state index contributed by atoms with van der Waals surface area (Å²) in [6.07, 6.45) is 1.11. The molecule has 0 atom stereocenters. The molecule has 1 aromatic carbocycles. The van der Waals surface area contributed by atoms with Gasteiger partial charge >= 0.3 is 0 Å². The number of benzene rings is 1. The van der Waals surface area contributed by atoms with Crippen LogP contribution in [0.25, 0.3) is 0 Å². The van der Waals surface area contributed by atoms with Crippen LogP contribution in [0.3, 0.4) is 0 Å². The van der Waals surface area contributed by atoms with E-state index in [2.05, 4.69) is 37.7 Å². The number of hydrogen-bond acceptors (Lipinski definition) is 1. The highest BCUT2D eigenvalue weighted by atomic mass is 28.3. The molecule has 0 saturated carbocycles. The number of hydrogen-bond donors (Lipinski definition) is 0. The van der Waals surface area contributed by atoms with E-state index in [1.165, 1.54) is 5.19 Å². The summed E-state index contributed by atoms with van der Waals surface area (Å²) in [5.74, 6) is 0. The second-order valence-corrected chi connectivity index (χ2v) is 4.75. The first kappa shape index (κ1) is 9.48. The van der Waals surface area contributed by atoms with Crippen molar-refractivity contribution >= 4 is 14.2 Å². The highest BCUT2D eigenvalue weighted by Crippen LogP contribution is 1.91. The zero-order chi connectivity index (χ0) is 8.81. The van der Waals surface area contributed by atoms with E-state index in [0.717, 1.165) is 13.0 Å². The van der Waals surface area contributed by atoms with E-state index in [-0.39, 0.29) is 0 Å². The molecule has 0 N–H and O–H groups in total. The highest BCUT2D eigenvalue weighted by Gasteiger charge is 2.06. The van der Waals surface area contributed by atoms with Crippen molar-refractivity contribution in [1.29, 1.82) is 0 Å². The summed E-state index contributed by atoms with van der Waals surface area (Å²) in [5, 5.41) is 1.36. The monoisotopic (exact) mass is 179 g/mol. The predicted octanol–water partition coefficient (Wildman–Crippen LogP) is 1.94. The summed E-state index contributed by atoms with van der Waals surface area (Å²) < 4.78 is 5.68. The Balaban J connectivity index is 2.48. The molecule has 0 bridgehead atoms. The van der Waals surface area contributed by atoms with E-state index >= 15 is 0 Å². The van der Waals surface area contributed by atoms with Crippen molar-refractivity contribution in [2.75, 3.05) is 6.61 Å². The minimum absolute atomic E-state index is 0.730. The summed E-state index contributed by atoms with van der Waals surface area (Å²) >= 11 is 0. The molecule has 0 spiro atoms. The van der Waals surface area contributed by atoms with Crippen LogP contribution in [-0.2, 0) is 4.43 Å². The molecule has 0 fully saturated rings. The molecule has 0 aromatic heterocycles. The zero-order valence-corrected chi connectivity index (χ0v) is 8.71. The molecule has 12 heavy (non-hydrogen) atoms. The third-order valence-corrected chi connectivity index (χ3v) is 3.49. The Morgan fingerprint density at radius 2 is 1.92 bits per heavy atom. The minimum atomic E-state index is -0.730. The zero-order valence-electron chi connectivity index (χ0n) is 7.71. The van der Waals surface area contributed by atoms with Crippen LogP contribution >= 0.6 is 0 Å².